The summed E-state index contributed by atoms with van der Waals surface area (Å²) in [5, 5.41) is 11.1. The van der Waals surface area contributed by atoms with Gasteiger partial charge in [-0.2, -0.15) is 10.2 Å². The Morgan fingerprint density at radius 3 is 2.54 bits per heavy atom. The van der Waals surface area contributed by atoms with Gasteiger partial charge in [-0.3, -0.25) is 9.48 Å². The zero-order valence-electron chi connectivity index (χ0n) is 14.1. The van der Waals surface area contributed by atoms with Crippen molar-refractivity contribution in [3.63, 3.8) is 0 Å². The number of nitrogens with zero attached hydrogens (tertiary/aromatic N) is 5. The van der Waals surface area contributed by atoms with Gasteiger partial charge in [0, 0.05) is 43.2 Å². The summed E-state index contributed by atoms with van der Waals surface area (Å²) in [7, 11) is 1.83. The van der Waals surface area contributed by atoms with Crippen molar-refractivity contribution in [1.82, 2.24) is 29.9 Å². The maximum absolute atomic E-state index is 12.6. The fourth-order valence-electron chi connectivity index (χ4n) is 2.88. The fourth-order valence-corrected chi connectivity index (χ4v) is 2.88. The molecular weight excluding hydrogens is 328 g/mol. The van der Waals surface area contributed by atoms with Gasteiger partial charge in [-0.1, -0.05) is 30.3 Å². The smallest absolute Gasteiger partial charge is 0.268 e. The average Bonchev–Trinajstić information content (AvgIpc) is 3.11. The SMILES string of the molecule is Cn1cc(-c2n[nH]c(=O)c(Cc3ccccc3)c2-c2ncccn2)cn1. The third-order valence-corrected chi connectivity index (χ3v) is 4.07. The molecule has 0 unspecified atom stereocenters. The number of benzene rings is 1. The Balaban J connectivity index is 1.96. The summed E-state index contributed by atoms with van der Waals surface area (Å²) in [6.45, 7) is 0. The summed E-state index contributed by atoms with van der Waals surface area (Å²) in [6, 6.07) is 11.6. The van der Waals surface area contributed by atoms with Crippen LogP contribution in [0, 0.1) is 0 Å². The van der Waals surface area contributed by atoms with Gasteiger partial charge in [-0.15, -0.1) is 0 Å². The quantitative estimate of drug-likeness (QED) is 0.613. The molecule has 3 heterocycles. The molecule has 26 heavy (non-hydrogen) atoms. The molecule has 0 aliphatic heterocycles. The van der Waals surface area contributed by atoms with E-state index in [-0.39, 0.29) is 5.56 Å². The van der Waals surface area contributed by atoms with Crippen molar-refractivity contribution >= 4 is 0 Å². The van der Waals surface area contributed by atoms with Gasteiger partial charge < -0.3 is 0 Å². The molecule has 0 fully saturated rings. The monoisotopic (exact) mass is 344 g/mol. The van der Waals surface area contributed by atoms with Crippen LogP contribution in [0.5, 0.6) is 0 Å². The van der Waals surface area contributed by atoms with Crippen molar-refractivity contribution in [2.75, 3.05) is 0 Å². The van der Waals surface area contributed by atoms with Gasteiger partial charge in [0.2, 0.25) is 0 Å². The first-order valence-electron chi connectivity index (χ1n) is 8.14. The lowest BCUT2D eigenvalue weighted by Gasteiger charge is -2.11. The van der Waals surface area contributed by atoms with Crippen molar-refractivity contribution in [2.45, 2.75) is 6.42 Å². The normalized spacial score (nSPS) is 10.8. The van der Waals surface area contributed by atoms with E-state index in [4.69, 9.17) is 0 Å². The van der Waals surface area contributed by atoms with Gasteiger partial charge >= 0.3 is 0 Å². The van der Waals surface area contributed by atoms with Crippen LogP contribution in [0.25, 0.3) is 22.6 Å². The summed E-state index contributed by atoms with van der Waals surface area (Å²) < 4.78 is 1.69. The fraction of sp³-hybridized carbons (Fsp3) is 0.105. The van der Waals surface area contributed by atoms with E-state index in [1.165, 1.54) is 0 Å². The molecule has 0 spiro atoms. The van der Waals surface area contributed by atoms with Gasteiger partial charge in [-0.25, -0.2) is 15.1 Å². The van der Waals surface area contributed by atoms with Gasteiger partial charge in [0.25, 0.3) is 5.56 Å². The van der Waals surface area contributed by atoms with Crippen molar-refractivity contribution in [2.24, 2.45) is 7.05 Å². The molecule has 3 aromatic heterocycles. The molecule has 7 nitrogen and oxygen atoms in total. The van der Waals surface area contributed by atoms with Crippen LogP contribution in [0.4, 0.5) is 0 Å². The van der Waals surface area contributed by atoms with Crippen molar-refractivity contribution in [1.29, 1.82) is 0 Å². The topological polar surface area (TPSA) is 89.4 Å². The maximum atomic E-state index is 12.6. The number of nitrogens with one attached hydrogen (secondary N) is 1. The number of aromatic amines is 1. The highest BCUT2D eigenvalue weighted by atomic mass is 16.1. The second kappa shape index (κ2) is 6.72. The number of hydrogen-bond acceptors (Lipinski definition) is 5. The van der Waals surface area contributed by atoms with E-state index < -0.39 is 0 Å². The summed E-state index contributed by atoms with van der Waals surface area (Å²) >= 11 is 0. The minimum Gasteiger partial charge on any atom is -0.275 e. The number of aromatic nitrogens is 6. The predicted molar refractivity (Wildman–Crippen MR) is 97.3 cm³/mol. The van der Waals surface area contributed by atoms with Crippen molar-refractivity contribution in [3.05, 3.63) is 82.7 Å². The lowest BCUT2D eigenvalue weighted by molar-refractivity contribution is 0.768. The highest BCUT2D eigenvalue weighted by molar-refractivity contribution is 5.79. The van der Waals surface area contributed by atoms with Gasteiger partial charge in [0.1, 0.15) is 5.69 Å². The van der Waals surface area contributed by atoms with E-state index in [1.807, 2.05) is 43.6 Å². The highest BCUT2D eigenvalue weighted by Gasteiger charge is 2.20. The minimum absolute atomic E-state index is 0.246. The van der Waals surface area contributed by atoms with Crippen LogP contribution in [0.3, 0.4) is 0 Å². The average molecular weight is 344 g/mol. The lowest BCUT2D eigenvalue weighted by Crippen LogP contribution is -2.18. The molecule has 0 atom stereocenters. The second-order valence-electron chi connectivity index (χ2n) is 5.89. The third kappa shape index (κ3) is 3.02. The van der Waals surface area contributed by atoms with Gasteiger partial charge in [0.05, 0.1) is 11.8 Å². The van der Waals surface area contributed by atoms with E-state index in [1.54, 1.807) is 29.3 Å². The first-order valence-corrected chi connectivity index (χ1v) is 8.14. The Labute approximate surface area is 149 Å². The van der Waals surface area contributed by atoms with E-state index in [0.717, 1.165) is 11.1 Å². The zero-order chi connectivity index (χ0) is 17.9. The minimum atomic E-state index is -0.246. The molecule has 4 aromatic rings. The molecule has 0 aliphatic carbocycles. The maximum Gasteiger partial charge on any atom is 0.268 e. The highest BCUT2D eigenvalue weighted by Crippen LogP contribution is 2.30. The van der Waals surface area contributed by atoms with Crippen LogP contribution in [-0.4, -0.2) is 29.9 Å². The molecule has 4 rings (SSSR count). The van der Waals surface area contributed by atoms with Crippen molar-refractivity contribution in [3.8, 4) is 22.6 Å². The number of H-pyrrole nitrogens is 1. The van der Waals surface area contributed by atoms with E-state index >= 15 is 0 Å². The first kappa shape index (κ1) is 15.9. The molecule has 1 aromatic carbocycles. The summed E-state index contributed by atoms with van der Waals surface area (Å²) in [5.41, 5.74) is 3.39. The Bertz CT molecular complexity index is 1090. The summed E-state index contributed by atoms with van der Waals surface area (Å²) in [6.07, 6.45) is 7.32. The molecule has 1 N–H and O–H groups in total. The van der Waals surface area contributed by atoms with Crippen LogP contribution in [-0.2, 0) is 13.5 Å². The number of hydrogen-bond donors (Lipinski definition) is 1. The molecule has 0 bridgehead atoms. The van der Waals surface area contributed by atoms with Crippen LogP contribution in [0.1, 0.15) is 11.1 Å². The van der Waals surface area contributed by atoms with Crippen LogP contribution < -0.4 is 5.56 Å². The Kier molecular flexibility index (Phi) is 4.10. The van der Waals surface area contributed by atoms with Crippen molar-refractivity contribution < 1.29 is 0 Å². The summed E-state index contributed by atoms with van der Waals surface area (Å²) in [4.78, 5) is 21.3. The zero-order valence-corrected chi connectivity index (χ0v) is 14.1. The van der Waals surface area contributed by atoms with Crippen LogP contribution in [0.15, 0.2) is 66.0 Å². The molecule has 0 saturated heterocycles. The Hall–Kier alpha value is -3.61. The standard InChI is InChI=1S/C19H16N6O/c1-25-12-14(11-22-25)17-16(18-20-8-5-9-21-18)15(19(26)24-23-17)10-13-6-3-2-4-7-13/h2-9,11-12H,10H2,1H3,(H,24,26). The lowest BCUT2D eigenvalue weighted by atomic mass is 9.98. The van der Waals surface area contributed by atoms with E-state index in [9.17, 15) is 4.79 Å². The Morgan fingerprint density at radius 1 is 1.08 bits per heavy atom. The molecule has 0 saturated carbocycles. The van der Waals surface area contributed by atoms with Gasteiger partial charge in [-0.05, 0) is 11.6 Å². The number of aryl methyl sites for hydroxylation is 1. The number of rotatable bonds is 4. The molecule has 0 radical (unpaired) electrons. The molecule has 0 amide bonds. The third-order valence-electron chi connectivity index (χ3n) is 4.07. The van der Waals surface area contributed by atoms with Crippen LogP contribution >= 0.6 is 0 Å². The summed E-state index contributed by atoms with van der Waals surface area (Å²) in [5.74, 6) is 0.468. The largest absolute Gasteiger partial charge is 0.275 e. The second-order valence-corrected chi connectivity index (χ2v) is 5.89. The van der Waals surface area contributed by atoms with E-state index in [0.29, 0.717) is 29.1 Å². The van der Waals surface area contributed by atoms with Crippen LogP contribution in [0.2, 0.25) is 0 Å². The van der Waals surface area contributed by atoms with E-state index in [2.05, 4.69) is 25.3 Å². The molecular formula is C19H16N6O. The van der Waals surface area contributed by atoms with Gasteiger partial charge in [0.15, 0.2) is 5.82 Å². The molecule has 7 heteroatoms. The molecule has 0 aliphatic rings. The molecule has 128 valence electrons. The first-order chi connectivity index (χ1) is 12.7. The predicted octanol–water partition coefficient (Wildman–Crippen LogP) is 2.22. The Morgan fingerprint density at radius 2 is 1.85 bits per heavy atom.